The molecule has 4 nitrogen and oxygen atoms in total. The van der Waals surface area contributed by atoms with Gasteiger partial charge in [-0.25, -0.2) is 0 Å². The third kappa shape index (κ3) is 0.929. The number of carbonyl (C=O) groups excluding carboxylic acids is 1. The molecule has 1 amide bonds. The van der Waals surface area contributed by atoms with Gasteiger partial charge in [-0.1, -0.05) is 0 Å². The number of carbonyl (C=O) groups is 1. The number of nitrogens with zero attached hydrogens (tertiary/aromatic N) is 1. The van der Waals surface area contributed by atoms with Crippen molar-refractivity contribution in [3.05, 3.63) is 0 Å². The Morgan fingerprint density at radius 1 is 1.36 bits per heavy atom. The smallest absolute Gasteiger partial charge is 0.242 e. The van der Waals surface area contributed by atoms with Crippen LogP contribution in [0, 0.1) is 0 Å². The van der Waals surface area contributed by atoms with E-state index in [2.05, 4.69) is 4.90 Å². The number of ether oxygens (including phenoxy) is 1. The van der Waals surface area contributed by atoms with E-state index in [1.165, 1.54) is 12.8 Å². The number of likely N-dealkylation sites (tertiary alicyclic amines) is 1. The third-order valence-corrected chi connectivity index (χ3v) is 3.83. The number of rotatable bonds is 1. The summed E-state index contributed by atoms with van der Waals surface area (Å²) in [5.41, 5.74) is 5.91. The zero-order valence-corrected chi connectivity index (χ0v) is 8.24. The van der Waals surface area contributed by atoms with Crippen LogP contribution in [0.15, 0.2) is 0 Å². The summed E-state index contributed by atoms with van der Waals surface area (Å²) in [5, 5.41) is 0. The van der Waals surface area contributed by atoms with Crippen LogP contribution in [0.5, 0.6) is 0 Å². The van der Waals surface area contributed by atoms with Crippen molar-refractivity contribution >= 4 is 5.91 Å². The van der Waals surface area contributed by atoms with Gasteiger partial charge in [0, 0.05) is 19.3 Å². The lowest BCUT2D eigenvalue weighted by Gasteiger charge is -2.58. The van der Waals surface area contributed by atoms with Gasteiger partial charge in [-0.05, 0) is 25.7 Å². The second-order valence-corrected chi connectivity index (χ2v) is 4.63. The highest BCUT2D eigenvalue weighted by Crippen LogP contribution is 2.46. The molecule has 14 heavy (non-hydrogen) atoms. The van der Waals surface area contributed by atoms with Gasteiger partial charge in [-0.2, -0.15) is 0 Å². The van der Waals surface area contributed by atoms with Crippen LogP contribution in [0.4, 0.5) is 0 Å². The number of hydrogen-bond acceptors (Lipinski definition) is 3. The molecule has 3 aliphatic rings. The highest BCUT2D eigenvalue weighted by atomic mass is 16.5. The van der Waals surface area contributed by atoms with E-state index in [1.807, 2.05) is 0 Å². The minimum atomic E-state index is -0.257. The summed E-state index contributed by atoms with van der Waals surface area (Å²) in [6.07, 6.45) is 4.19. The van der Waals surface area contributed by atoms with Crippen LogP contribution in [0.25, 0.3) is 0 Å². The van der Waals surface area contributed by atoms with E-state index >= 15 is 0 Å². The van der Waals surface area contributed by atoms with Crippen molar-refractivity contribution in [3.8, 4) is 0 Å². The molecule has 0 aromatic carbocycles. The lowest BCUT2D eigenvalue weighted by atomic mass is 9.73. The zero-order valence-electron chi connectivity index (χ0n) is 8.24. The molecule has 0 aromatic heterocycles. The first-order valence-corrected chi connectivity index (χ1v) is 5.42. The van der Waals surface area contributed by atoms with Crippen LogP contribution < -0.4 is 5.73 Å². The van der Waals surface area contributed by atoms with Crippen molar-refractivity contribution < 1.29 is 9.53 Å². The largest absolute Gasteiger partial charge is 0.381 e. The summed E-state index contributed by atoms with van der Waals surface area (Å²) in [5.74, 6) is 0.161. The predicted molar refractivity (Wildman–Crippen MR) is 50.6 cm³/mol. The molecule has 1 saturated carbocycles. The maximum absolute atomic E-state index is 11.7. The molecule has 1 aliphatic carbocycles. The monoisotopic (exact) mass is 196 g/mol. The summed E-state index contributed by atoms with van der Waals surface area (Å²) >= 11 is 0. The highest BCUT2D eigenvalue weighted by Gasteiger charge is 2.62. The third-order valence-electron chi connectivity index (χ3n) is 3.83. The van der Waals surface area contributed by atoms with E-state index in [9.17, 15) is 4.79 Å². The van der Waals surface area contributed by atoms with Crippen LogP contribution in [0.3, 0.4) is 0 Å². The molecule has 3 rings (SSSR count). The lowest BCUT2D eigenvalue weighted by Crippen LogP contribution is -2.79. The van der Waals surface area contributed by atoms with E-state index in [4.69, 9.17) is 10.5 Å². The molecule has 0 radical (unpaired) electrons. The molecule has 2 heterocycles. The Kier molecular flexibility index (Phi) is 1.67. The summed E-state index contributed by atoms with van der Waals surface area (Å²) in [4.78, 5) is 13.7. The minimum absolute atomic E-state index is 0.0312. The van der Waals surface area contributed by atoms with Gasteiger partial charge in [0.25, 0.3) is 0 Å². The molecule has 0 aromatic rings. The van der Waals surface area contributed by atoms with Gasteiger partial charge < -0.3 is 15.4 Å². The topological polar surface area (TPSA) is 55.6 Å². The van der Waals surface area contributed by atoms with Gasteiger partial charge in [-0.15, -0.1) is 0 Å². The number of nitrogens with two attached hydrogens (primary N) is 1. The van der Waals surface area contributed by atoms with E-state index in [0.717, 1.165) is 26.1 Å². The van der Waals surface area contributed by atoms with Crippen LogP contribution in [-0.2, 0) is 9.53 Å². The number of amides is 1. The molecular formula is C10H16N2O2. The second kappa shape index (κ2) is 2.70. The van der Waals surface area contributed by atoms with E-state index in [1.54, 1.807) is 0 Å². The fourth-order valence-corrected chi connectivity index (χ4v) is 2.84. The van der Waals surface area contributed by atoms with Crippen LogP contribution in [0.1, 0.15) is 25.7 Å². The molecule has 2 saturated heterocycles. The molecule has 2 aliphatic heterocycles. The van der Waals surface area contributed by atoms with Gasteiger partial charge >= 0.3 is 0 Å². The average molecular weight is 196 g/mol. The number of hydrogen-bond donors (Lipinski definition) is 1. The SMILES string of the molecule is N[C@@H]1C(=O)N(C2CC2)C12CCOCC2. The first kappa shape index (κ1) is 8.68. The maximum atomic E-state index is 11.7. The summed E-state index contributed by atoms with van der Waals surface area (Å²) < 4.78 is 5.34. The first-order chi connectivity index (χ1) is 6.76. The van der Waals surface area contributed by atoms with E-state index in [0.29, 0.717) is 6.04 Å². The van der Waals surface area contributed by atoms with E-state index in [-0.39, 0.29) is 17.5 Å². The Labute approximate surface area is 83.4 Å². The fraction of sp³-hybridized carbons (Fsp3) is 0.900. The van der Waals surface area contributed by atoms with Gasteiger partial charge in [0.05, 0.1) is 5.54 Å². The average Bonchev–Trinajstić information content (AvgIpc) is 3.03. The van der Waals surface area contributed by atoms with Crippen molar-refractivity contribution in [2.45, 2.75) is 43.3 Å². The van der Waals surface area contributed by atoms with Gasteiger partial charge in [0.15, 0.2) is 0 Å². The van der Waals surface area contributed by atoms with Gasteiger partial charge in [0.1, 0.15) is 6.04 Å². The van der Waals surface area contributed by atoms with Crippen LogP contribution >= 0.6 is 0 Å². The summed E-state index contributed by atoms with van der Waals surface area (Å²) in [6.45, 7) is 1.51. The standard InChI is InChI=1S/C10H16N2O2/c11-8-9(13)12(7-1-2-7)10(8)3-5-14-6-4-10/h7-8H,1-6,11H2/t8-/m1/s1. The maximum Gasteiger partial charge on any atom is 0.242 e. The molecule has 78 valence electrons. The van der Waals surface area contributed by atoms with Crippen molar-refractivity contribution in [2.24, 2.45) is 5.73 Å². The molecule has 1 atom stereocenters. The van der Waals surface area contributed by atoms with Crippen molar-refractivity contribution in [3.63, 3.8) is 0 Å². The molecule has 2 N–H and O–H groups in total. The molecule has 0 bridgehead atoms. The highest BCUT2D eigenvalue weighted by molar-refractivity contribution is 5.91. The molecule has 1 spiro atoms. The molecular weight excluding hydrogens is 180 g/mol. The fourth-order valence-electron chi connectivity index (χ4n) is 2.84. The Morgan fingerprint density at radius 3 is 2.57 bits per heavy atom. The molecule has 3 fully saturated rings. The molecule has 4 heteroatoms. The van der Waals surface area contributed by atoms with E-state index < -0.39 is 0 Å². The minimum Gasteiger partial charge on any atom is -0.381 e. The first-order valence-electron chi connectivity index (χ1n) is 5.42. The Morgan fingerprint density at radius 2 is 2.00 bits per heavy atom. The van der Waals surface area contributed by atoms with Gasteiger partial charge in [-0.3, -0.25) is 4.79 Å². The number of β-lactam (4-membered cyclic amide) rings is 1. The second-order valence-electron chi connectivity index (χ2n) is 4.63. The lowest BCUT2D eigenvalue weighted by molar-refractivity contribution is -0.173. The Bertz CT molecular complexity index is 269. The zero-order chi connectivity index (χ0) is 9.76. The van der Waals surface area contributed by atoms with Crippen molar-refractivity contribution in [1.29, 1.82) is 0 Å². The predicted octanol–water partition coefficient (Wildman–Crippen LogP) is -0.133. The van der Waals surface area contributed by atoms with Crippen LogP contribution in [0.2, 0.25) is 0 Å². The quantitative estimate of drug-likeness (QED) is 0.594. The molecule has 0 unspecified atom stereocenters. The van der Waals surface area contributed by atoms with Crippen molar-refractivity contribution in [2.75, 3.05) is 13.2 Å². The summed E-state index contributed by atoms with van der Waals surface area (Å²) in [7, 11) is 0. The van der Waals surface area contributed by atoms with Crippen LogP contribution in [-0.4, -0.2) is 41.6 Å². The van der Waals surface area contributed by atoms with Crippen molar-refractivity contribution in [1.82, 2.24) is 4.90 Å². The Balaban J connectivity index is 1.84. The van der Waals surface area contributed by atoms with Gasteiger partial charge in [0.2, 0.25) is 5.91 Å². The summed E-state index contributed by atoms with van der Waals surface area (Å²) in [6, 6.07) is 0.243. The normalized spacial score (nSPS) is 35.9. The Hall–Kier alpha value is -0.610.